The summed E-state index contributed by atoms with van der Waals surface area (Å²) < 4.78 is 13.2. The van der Waals surface area contributed by atoms with Crippen LogP contribution >= 0.6 is 0 Å². The van der Waals surface area contributed by atoms with Crippen molar-refractivity contribution in [1.29, 1.82) is 0 Å². The predicted octanol–water partition coefficient (Wildman–Crippen LogP) is 3.87. The van der Waals surface area contributed by atoms with Gasteiger partial charge in [0, 0.05) is 17.8 Å². The van der Waals surface area contributed by atoms with E-state index in [9.17, 15) is 14.5 Å². The van der Waals surface area contributed by atoms with Crippen LogP contribution in [0.1, 0.15) is 38.5 Å². The molecule has 1 saturated carbocycles. The Hall–Kier alpha value is -1.65. The van der Waals surface area contributed by atoms with Crippen molar-refractivity contribution in [3.05, 3.63) is 34.1 Å². The minimum atomic E-state index is -0.786. The first-order valence-electron chi connectivity index (χ1n) is 6.37. The molecular formula is C13H17FN2O2. The van der Waals surface area contributed by atoms with Crippen LogP contribution in [-0.2, 0) is 0 Å². The molecule has 0 atom stereocenters. The fourth-order valence-electron chi connectivity index (χ4n) is 2.40. The molecule has 0 bridgehead atoms. The maximum absolute atomic E-state index is 13.2. The molecule has 0 aromatic heterocycles. The summed E-state index contributed by atoms with van der Waals surface area (Å²) in [6, 6.07) is 4.34. The van der Waals surface area contributed by atoms with Crippen molar-refractivity contribution < 1.29 is 9.31 Å². The zero-order chi connectivity index (χ0) is 13.0. The van der Waals surface area contributed by atoms with Crippen LogP contribution in [0.4, 0.5) is 15.8 Å². The highest BCUT2D eigenvalue weighted by molar-refractivity contribution is 5.52. The average Bonchev–Trinajstić information content (AvgIpc) is 2.60. The lowest BCUT2D eigenvalue weighted by Crippen LogP contribution is -2.18. The smallest absolute Gasteiger partial charge is 0.306 e. The van der Waals surface area contributed by atoms with E-state index in [1.165, 1.54) is 31.7 Å². The van der Waals surface area contributed by atoms with Gasteiger partial charge >= 0.3 is 5.69 Å². The van der Waals surface area contributed by atoms with Crippen LogP contribution in [0.15, 0.2) is 18.2 Å². The topological polar surface area (TPSA) is 55.2 Å². The Morgan fingerprint density at radius 2 is 1.89 bits per heavy atom. The number of nitrogens with one attached hydrogen (secondary N) is 1. The number of nitrogens with zero attached hydrogens (tertiary/aromatic N) is 1. The van der Waals surface area contributed by atoms with Crippen molar-refractivity contribution in [2.45, 2.75) is 44.6 Å². The van der Waals surface area contributed by atoms with E-state index < -0.39 is 16.4 Å². The van der Waals surface area contributed by atoms with Crippen LogP contribution in [0.2, 0.25) is 0 Å². The number of hydrogen-bond acceptors (Lipinski definition) is 3. The van der Waals surface area contributed by atoms with Crippen LogP contribution < -0.4 is 5.32 Å². The van der Waals surface area contributed by atoms with Gasteiger partial charge in [-0.3, -0.25) is 10.1 Å². The molecule has 18 heavy (non-hydrogen) atoms. The average molecular weight is 252 g/mol. The first kappa shape index (κ1) is 12.8. The van der Waals surface area contributed by atoms with Gasteiger partial charge < -0.3 is 5.32 Å². The highest BCUT2D eigenvalue weighted by Crippen LogP contribution is 2.25. The van der Waals surface area contributed by atoms with Crippen molar-refractivity contribution >= 4 is 11.4 Å². The van der Waals surface area contributed by atoms with Gasteiger partial charge in [-0.05, 0) is 25.0 Å². The lowest BCUT2D eigenvalue weighted by molar-refractivity contribution is -0.387. The summed E-state index contributed by atoms with van der Waals surface area (Å²) in [6.45, 7) is 0. The summed E-state index contributed by atoms with van der Waals surface area (Å²) >= 11 is 0. The number of benzene rings is 1. The summed E-state index contributed by atoms with van der Waals surface area (Å²) in [5.74, 6) is -0.786. The first-order chi connectivity index (χ1) is 8.66. The maximum atomic E-state index is 13.2. The van der Waals surface area contributed by atoms with Crippen LogP contribution in [0.3, 0.4) is 0 Å². The van der Waals surface area contributed by atoms with Crippen LogP contribution in [0, 0.1) is 15.9 Å². The Bertz CT molecular complexity index is 429. The van der Waals surface area contributed by atoms with E-state index in [0.717, 1.165) is 18.9 Å². The van der Waals surface area contributed by atoms with E-state index in [1.54, 1.807) is 6.07 Å². The van der Waals surface area contributed by atoms with Gasteiger partial charge in [-0.25, -0.2) is 0 Å². The van der Waals surface area contributed by atoms with Crippen LogP contribution in [0.25, 0.3) is 0 Å². The van der Waals surface area contributed by atoms with Gasteiger partial charge in [-0.2, -0.15) is 4.39 Å². The fraction of sp³-hybridized carbons (Fsp3) is 0.538. The highest BCUT2D eigenvalue weighted by Gasteiger charge is 2.17. The third-order valence-corrected chi connectivity index (χ3v) is 3.37. The second-order valence-corrected chi connectivity index (χ2v) is 4.76. The SMILES string of the molecule is O=[N+]([O-])c1cc(NC2CCCCCC2)ccc1F. The molecule has 1 N–H and O–H groups in total. The lowest BCUT2D eigenvalue weighted by Gasteiger charge is -2.17. The monoisotopic (exact) mass is 252 g/mol. The molecule has 0 unspecified atom stereocenters. The van der Waals surface area contributed by atoms with Gasteiger partial charge in [-0.1, -0.05) is 25.7 Å². The van der Waals surface area contributed by atoms with Gasteiger partial charge in [0.15, 0.2) is 0 Å². The summed E-state index contributed by atoms with van der Waals surface area (Å²) in [4.78, 5) is 9.97. The summed E-state index contributed by atoms with van der Waals surface area (Å²) in [7, 11) is 0. The molecule has 0 aliphatic heterocycles. The van der Waals surface area contributed by atoms with Crippen LogP contribution in [-0.4, -0.2) is 11.0 Å². The fourth-order valence-corrected chi connectivity index (χ4v) is 2.40. The van der Waals surface area contributed by atoms with Crippen LogP contribution in [0.5, 0.6) is 0 Å². The molecule has 0 saturated heterocycles. The normalized spacial score (nSPS) is 17.2. The van der Waals surface area contributed by atoms with Gasteiger partial charge in [0.05, 0.1) is 4.92 Å². The standard InChI is InChI=1S/C13H17FN2O2/c14-12-8-7-11(9-13(12)16(17)18)15-10-5-3-1-2-4-6-10/h7-10,15H,1-6H2. The van der Waals surface area contributed by atoms with Gasteiger partial charge in [0.1, 0.15) is 0 Å². The molecule has 98 valence electrons. The number of halogens is 1. The first-order valence-corrected chi connectivity index (χ1v) is 6.37. The van der Waals surface area contributed by atoms with E-state index in [1.807, 2.05) is 0 Å². The van der Waals surface area contributed by atoms with E-state index in [2.05, 4.69) is 5.32 Å². The van der Waals surface area contributed by atoms with Crippen molar-refractivity contribution in [3.8, 4) is 0 Å². The van der Waals surface area contributed by atoms with E-state index in [-0.39, 0.29) is 0 Å². The third kappa shape index (κ3) is 3.18. The Morgan fingerprint density at radius 3 is 2.50 bits per heavy atom. The number of nitro groups is 1. The second kappa shape index (κ2) is 5.80. The molecule has 5 heteroatoms. The van der Waals surface area contributed by atoms with Crippen molar-refractivity contribution in [2.24, 2.45) is 0 Å². The molecule has 1 aliphatic rings. The highest BCUT2D eigenvalue weighted by atomic mass is 19.1. The Labute approximate surface area is 105 Å². The van der Waals surface area contributed by atoms with Gasteiger partial charge in [0.2, 0.25) is 5.82 Å². The molecule has 4 nitrogen and oxygen atoms in total. The molecule has 1 fully saturated rings. The Kier molecular flexibility index (Phi) is 4.12. The minimum absolute atomic E-state index is 0.345. The molecule has 1 aliphatic carbocycles. The van der Waals surface area contributed by atoms with Gasteiger partial charge in [-0.15, -0.1) is 0 Å². The Balaban J connectivity index is 2.08. The quantitative estimate of drug-likeness (QED) is 0.504. The summed E-state index contributed by atoms with van der Waals surface area (Å²) in [5.41, 5.74) is 0.170. The lowest BCUT2D eigenvalue weighted by atomic mass is 10.1. The maximum Gasteiger partial charge on any atom is 0.306 e. The van der Waals surface area contributed by atoms with Gasteiger partial charge in [0.25, 0.3) is 0 Å². The molecule has 2 rings (SSSR count). The van der Waals surface area contributed by atoms with Crippen molar-refractivity contribution in [3.63, 3.8) is 0 Å². The Morgan fingerprint density at radius 1 is 1.22 bits per heavy atom. The molecule has 0 amide bonds. The summed E-state index contributed by atoms with van der Waals surface area (Å²) in [6.07, 6.45) is 7.02. The molecule has 1 aromatic carbocycles. The van der Waals surface area contributed by atoms with Crippen molar-refractivity contribution in [2.75, 3.05) is 5.32 Å². The largest absolute Gasteiger partial charge is 0.382 e. The molecule has 1 aromatic rings. The van der Waals surface area contributed by atoms with E-state index >= 15 is 0 Å². The molecule has 0 heterocycles. The molecule has 0 radical (unpaired) electrons. The van der Waals surface area contributed by atoms with E-state index in [0.29, 0.717) is 11.7 Å². The number of hydrogen-bond donors (Lipinski definition) is 1. The summed E-state index contributed by atoms with van der Waals surface area (Å²) in [5, 5.41) is 13.9. The minimum Gasteiger partial charge on any atom is -0.382 e. The number of rotatable bonds is 3. The zero-order valence-corrected chi connectivity index (χ0v) is 10.2. The molecule has 0 spiro atoms. The van der Waals surface area contributed by atoms with Crippen molar-refractivity contribution in [1.82, 2.24) is 0 Å². The predicted molar refractivity (Wildman–Crippen MR) is 68.2 cm³/mol. The van der Waals surface area contributed by atoms with E-state index in [4.69, 9.17) is 0 Å². The number of anilines is 1. The second-order valence-electron chi connectivity index (χ2n) is 4.76. The third-order valence-electron chi connectivity index (χ3n) is 3.37. The number of nitro benzene ring substituents is 1. The zero-order valence-electron chi connectivity index (χ0n) is 10.2. The molecular weight excluding hydrogens is 235 g/mol.